The average molecular weight is 660 g/mol. The molecule has 1 aliphatic carbocycles. The molecule has 0 saturated heterocycles. The standard InChI is InChI=1S/C46H37N5/c1-49(2)45(33-21-10-5-11-22-33)48-46(47)51-40-27-15-13-24-36(40)38-30-29-37-35-23-12-14-26-39(35)50(43(37)44(38)51)41-28-16-25-34(31-17-6-3-7-18-31)42(41)32-19-8-4-9-20-32/h3-15,17-24,26-30,47H,16,25H2,1-2H3/b47-46?,48-45-. The highest BCUT2D eigenvalue weighted by atomic mass is 15.2. The van der Waals surface area contributed by atoms with Crippen molar-refractivity contribution < 1.29 is 0 Å². The molecule has 0 amide bonds. The highest BCUT2D eigenvalue weighted by molar-refractivity contribution is 6.28. The van der Waals surface area contributed by atoms with Crippen molar-refractivity contribution in [2.75, 3.05) is 14.1 Å². The fourth-order valence-corrected chi connectivity index (χ4v) is 7.92. The van der Waals surface area contributed by atoms with Crippen molar-refractivity contribution in [3.8, 4) is 0 Å². The zero-order valence-corrected chi connectivity index (χ0v) is 28.7. The van der Waals surface area contributed by atoms with Gasteiger partial charge in [-0.2, -0.15) is 4.99 Å². The number of aliphatic imine (C=N–C) groups is 1. The molecule has 5 nitrogen and oxygen atoms in total. The van der Waals surface area contributed by atoms with Gasteiger partial charge in [0.2, 0.25) is 5.96 Å². The van der Waals surface area contributed by atoms with E-state index in [1.165, 1.54) is 27.7 Å². The number of amidine groups is 1. The summed E-state index contributed by atoms with van der Waals surface area (Å²) in [7, 11) is 3.97. The molecule has 0 spiro atoms. The van der Waals surface area contributed by atoms with Crippen LogP contribution in [0.5, 0.6) is 0 Å². The average Bonchev–Trinajstić information content (AvgIpc) is 3.71. The topological polar surface area (TPSA) is 49.3 Å². The number of para-hydroxylation sites is 2. The van der Waals surface area contributed by atoms with Crippen molar-refractivity contribution in [1.29, 1.82) is 5.41 Å². The first-order valence-corrected chi connectivity index (χ1v) is 17.5. The lowest BCUT2D eigenvalue weighted by Crippen LogP contribution is -2.25. The van der Waals surface area contributed by atoms with Crippen LogP contribution in [0.1, 0.15) is 29.5 Å². The fraction of sp³-hybridized carbons (Fsp3) is 0.0870. The van der Waals surface area contributed by atoms with Crippen molar-refractivity contribution in [2.45, 2.75) is 12.8 Å². The summed E-state index contributed by atoms with van der Waals surface area (Å²) in [6.07, 6.45) is 4.29. The number of allylic oxidation sites excluding steroid dienone is 4. The summed E-state index contributed by atoms with van der Waals surface area (Å²) in [5.74, 6) is 0.899. The Kier molecular flexibility index (Phi) is 7.47. The number of hydrogen-bond donors (Lipinski definition) is 1. The van der Waals surface area contributed by atoms with E-state index in [1.807, 2.05) is 49.3 Å². The lowest BCUT2D eigenvalue weighted by molar-refractivity contribution is 0.624. The van der Waals surface area contributed by atoms with Crippen LogP contribution in [0, 0.1) is 5.41 Å². The van der Waals surface area contributed by atoms with Gasteiger partial charge in [0.1, 0.15) is 5.84 Å². The third-order valence-corrected chi connectivity index (χ3v) is 10.1. The third-order valence-electron chi connectivity index (χ3n) is 10.1. The van der Waals surface area contributed by atoms with E-state index in [0.29, 0.717) is 0 Å². The Morgan fingerprint density at radius 2 is 1.14 bits per heavy atom. The highest BCUT2D eigenvalue weighted by Crippen LogP contribution is 2.46. The van der Waals surface area contributed by atoms with Gasteiger partial charge in [-0.1, -0.05) is 146 Å². The minimum atomic E-state index is 0.166. The first-order valence-electron chi connectivity index (χ1n) is 17.5. The maximum atomic E-state index is 9.74. The van der Waals surface area contributed by atoms with Gasteiger partial charge in [-0.25, -0.2) is 0 Å². The van der Waals surface area contributed by atoms with Gasteiger partial charge < -0.3 is 9.47 Å². The molecule has 8 aromatic rings. The van der Waals surface area contributed by atoms with Crippen molar-refractivity contribution in [1.82, 2.24) is 14.0 Å². The predicted octanol–water partition coefficient (Wildman–Crippen LogP) is 10.9. The Morgan fingerprint density at radius 3 is 1.80 bits per heavy atom. The van der Waals surface area contributed by atoms with Crippen molar-refractivity contribution in [3.63, 3.8) is 0 Å². The van der Waals surface area contributed by atoms with E-state index < -0.39 is 0 Å². The van der Waals surface area contributed by atoms with Crippen molar-refractivity contribution >= 4 is 72.3 Å². The summed E-state index contributed by atoms with van der Waals surface area (Å²) in [6.45, 7) is 0. The van der Waals surface area contributed by atoms with Crippen LogP contribution < -0.4 is 0 Å². The first-order chi connectivity index (χ1) is 25.1. The van der Waals surface area contributed by atoms with Crippen LogP contribution in [0.2, 0.25) is 0 Å². The van der Waals surface area contributed by atoms with E-state index in [4.69, 9.17) is 4.99 Å². The summed E-state index contributed by atoms with van der Waals surface area (Å²) in [4.78, 5) is 7.05. The van der Waals surface area contributed by atoms with Crippen LogP contribution in [0.15, 0.2) is 163 Å². The highest BCUT2D eigenvalue weighted by Gasteiger charge is 2.27. The molecule has 1 N–H and O–H groups in total. The molecule has 1 aliphatic rings. The number of nitrogens with zero attached hydrogens (tertiary/aromatic N) is 4. The molecule has 2 aromatic heterocycles. The molecule has 0 radical (unpaired) electrons. The van der Waals surface area contributed by atoms with Gasteiger partial charge in [-0.3, -0.25) is 9.98 Å². The van der Waals surface area contributed by atoms with Crippen LogP contribution in [-0.2, 0) is 0 Å². The number of rotatable bonds is 4. The van der Waals surface area contributed by atoms with Gasteiger partial charge in [0, 0.05) is 46.8 Å². The monoisotopic (exact) mass is 659 g/mol. The molecule has 0 aliphatic heterocycles. The molecule has 0 bridgehead atoms. The minimum Gasteiger partial charge on any atom is -0.362 e. The Bertz CT molecular complexity index is 2710. The number of hydrogen-bond acceptors (Lipinski definition) is 1. The van der Waals surface area contributed by atoms with E-state index in [1.54, 1.807) is 0 Å². The smallest absolute Gasteiger partial charge is 0.229 e. The van der Waals surface area contributed by atoms with Gasteiger partial charge in [0.15, 0.2) is 0 Å². The van der Waals surface area contributed by atoms with Crippen LogP contribution in [0.25, 0.3) is 60.5 Å². The Labute approximate surface area is 297 Å². The molecule has 0 atom stereocenters. The second-order valence-corrected chi connectivity index (χ2v) is 13.3. The van der Waals surface area contributed by atoms with E-state index >= 15 is 0 Å². The minimum absolute atomic E-state index is 0.166. The summed E-state index contributed by atoms with van der Waals surface area (Å²) >= 11 is 0. The molecule has 246 valence electrons. The summed E-state index contributed by atoms with van der Waals surface area (Å²) in [5, 5.41) is 14.3. The molecular weight excluding hydrogens is 623 g/mol. The SMILES string of the molecule is CN(C)/C(=N\C(=N)n1c2ccccc2c2ccc3c4ccccc4n(C4=CCCC(c5ccccc5)=C4c4ccccc4)c3c21)c1ccccc1. The zero-order valence-electron chi connectivity index (χ0n) is 28.7. The molecule has 51 heavy (non-hydrogen) atoms. The van der Waals surface area contributed by atoms with Gasteiger partial charge in [-0.15, -0.1) is 0 Å². The number of aromatic nitrogens is 2. The maximum absolute atomic E-state index is 9.74. The second kappa shape index (κ2) is 12.5. The summed E-state index contributed by atoms with van der Waals surface area (Å²) < 4.78 is 4.52. The second-order valence-electron chi connectivity index (χ2n) is 13.3. The summed E-state index contributed by atoms with van der Waals surface area (Å²) in [6, 6.07) is 53.4. The first kappa shape index (κ1) is 30.6. The Morgan fingerprint density at radius 1 is 0.588 bits per heavy atom. The molecule has 6 aromatic carbocycles. The number of benzene rings is 6. The molecule has 9 rings (SSSR count). The zero-order chi connectivity index (χ0) is 34.5. The lowest BCUT2D eigenvalue weighted by atomic mass is 9.85. The maximum Gasteiger partial charge on any atom is 0.229 e. The molecular formula is C46H37N5. The van der Waals surface area contributed by atoms with Gasteiger partial charge in [0.25, 0.3) is 0 Å². The van der Waals surface area contributed by atoms with E-state index in [9.17, 15) is 5.41 Å². The molecule has 5 heteroatoms. The van der Waals surface area contributed by atoms with E-state index in [0.717, 1.165) is 68.2 Å². The summed E-state index contributed by atoms with van der Waals surface area (Å²) in [5.41, 5.74) is 11.3. The largest absolute Gasteiger partial charge is 0.362 e. The van der Waals surface area contributed by atoms with Gasteiger partial charge >= 0.3 is 0 Å². The van der Waals surface area contributed by atoms with Crippen molar-refractivity contribution in [3.05, 3.63) is 174 Å². The molecule has 2 heterocycles. The van der Waals surface area contributed by atoms with Crippen molar-refractivity contribution in [2.24, 2.45) is 4.99 Å². The van der Waals surface area contributed by atoms with E-state index in [2.05, 4.69) is 137 Å². The van der Waals surface area contributed by atoms with Crippen LogP contribution in [0.3, 0.4) is 0 Å². The van der Waals surface area contributed by atoms with Crippen LogP contribution in [0.4, 0.5) is 0 Å². The third kappa shape index (κ3) is 5.00. The Balaban J connectivity index is 1.41. The quantitative estimate of drug-likeness (QED) is 0.148. The van der Waals surface area contributed by atoms with Crippen LogP contribution >= 0.6 is 0 Å². The van der Waals surface area contributed by atoms with E-state index in [-0.39, 0.29) is 5.96 Å². The van der Waals surface area contributed by atoms with Crippen LogP contribution in [-0.4, -0.2) is 39.9 Å². The van der Waals surface area contributed by atoms with Gasteiger partial charge in [-0.05, 0) is 41.7 Å². The number of fused-ring (bicyclic) bond motifs is 7. The normalized spacial score (nSPS) is 13.8. The van der Waals surface area contributed by atoms with Gasteiger partial charge in [0.05, 0.1) is 27.8 Å². The lowest BCUT2D eigenvalue weighted by Gasteiger charge is -2.25. The predicted molar refractivity (Wildman–Crippen MR) is 215 cm³/mol. The molecule has 0 unspecified atom stereocenters. The molecule has 0 fully saturated rings. The number of nitrogens with one attached hydrogen (secondary N) is 1. The Hall–Kier alpha value is -6.46. The fourth-order valence-electron chi connectivity index (χ4n) is 7.92. The molecule has 0 saturated carbocycles.